The van der Waals surface area contributed by atoms with Crippen LogP contribution in [0.5, 0.6) is 0 Å². The molecule has 2 aromatic carbocycles. The SMILES string of the molecule is O=C(c1ccc(-c2cccc(C(F)(F)F)c2)o1)N1CCN(S(=O)(=O)c2c(F)cccc2F)CC1. The fraction of sp³-hybridized carbons (Fsp3) is 0.227. The lowest BCUT2D eigenvalue weighted by atomic mass is 10.1. The molecule has 12 heteroatoms. The van der Waals surface area contributed by atoms with Gasteiger partial charge in [0.25, 0.3) is 5.91 Å². The lowest BCUT2D eigenvalue weighted by molar-refractivity contribution is -0.137. The van der Waals surface area contributed by atoms with Gasteiger partial charge in [-0.25, -0.2) is 17.2 Å². The summed E-state index contributed by atoms with van der Waals surface area (Å²) < 4.78 is 98.5. The van der Waals surface area contributed by atoms with Gasteiger partial charge in [-0.1, -0.05) is 18.2 Å². The monoisotopic (exact) mass is 500 g/mol. The summed E-state index contributed by atoms with van der Waals surface area (Å²) in [5.41, 5.74) is -0.727. The van der Waals surface area contributed by atoms with Crippen molar-refractivity contribution < 1.29 is 39.6 Å². The highest BCUT2D eigenvalue weighted by atomic mass is 32.2. The van der Waals surface area contributed by atoms with Crippen LogP contribution >= 0.6 is 0 Å². The summed E-state index contributed by atoms with van der Waals surface area (Å²) in [6.45, 7) is -0.562. The van der Waals surface area contributed by atoms with Gasteiger partial charge in [0.05, 0.1) is 5.56 Å². The maximum atomic E-state index is 14.0. The van der Waals surface area contributed by atoms with Crippen LogP contribution in [0.4, 0.5) is 22.0 Å². The van der Waals surface area contributed by atoms with Crippen LogP contribution in [0, 0.1) is 11.6 Å². The maximum Gasteiger partial charge on any atom is 0.416 e. The van der Waals surface area contributed by atoms with Crippen molar-refractivity contribution >= 4 is 15.9 Å². The van der Waals surface area contributed by atoms with Gasteiger partial charge in [-0.3, -0.25) is 4.79 Å². The van der Waals surface area contributed by atoms with Crippen LogP contribution in [0.1, 0.15) is 16.1 Å². The summed E-state index contributed by atoms with van der Waals surface area (Å²) in [4.78, 5) is 13.0. The molecule has 1 aliphatic heterocycles. The number of benzene rings is 2. The topological polar surface area (TPSA) is 70.8 Å². The number of carbonyl (C=O) groups excluding carboxylic acids is 1. The molecule has 34 heavy (non-hydrogen) atoms. The van der Waals surface area contributed by atoms with Gasteiger partial charge in [-0.05, 0) is 36.4 Å². The molecule has 0 bridgehead atoms. The van der Waals surface area contributed by atoms with Crippen molar-refractivity contribution in [1.29, 1.82) is 0 Å². The molecule has 1 fully saturated rings. The number of rotatable bonds is 4. The zero-order valence-electron chi connectivity index (χ0n) is 17.4. The molecule has 2 heterocycles. The molecule has 1 aromatic heterocycles. The van der Waals surface area contributed by atoms with E-state index in [9.17, 15) is 35.2 Å². The highest BCUT2D eigenvalue weighted by molar-refractivity contribution is 7.89. The molecule has 180 valence electrons. The van der Waals surface area contributed by atoms with Crippen molar-refractivity contribution in [3.8, 4) is 11.3 Å². The highest BCUT2D eigenvalue weighted by Crippen LogP contribution is 2.33. The van der Waals surface area contributed by atoms with Gasteiger partial charge >= 0.3 is 6.18 Å². The molecule has 1 amide bonds. The molecule has 6 nitrogen and oxygen atoms in total. The zero-order chi connectivity index (χ0) is 24.7. The molecule has 1 aliphatic rings. The number of amides is 1. The van der Waals surface area contributed by atoms with E-state index in [-0.39, 0.29) is 43.3 Å². The number of sulfonamides is 1. The van der Waals surface area contributed by atoms with Crippen LogP contribution < -0.4 is 0 Å². The number of alkyl halides is 3. The maximum absolute atomic E-state index is 14.0. The zero-order valence-corrected chi connectivity index (χ0v) is 18.2. The second-order valence-corrected chi connectivity index (χ2v) is 9.36. The van der Waals surface area contributed by atoms with Crippen LogP contribution in [-0.4, -0.2) is 49.7 Å². The van der Waals surface area contributed by atoms with Gasteiger partial charge in [-0.15, -0.1) is 0 Å². The summed E-state index contributed by atoms with van der Waals surface area (Å²) in [5, 5.41) is 0. The summed E-state index contributed by atoms with van der Waals surface area (Å²) in [5.74, 6) is -3.09. The van der Waals surface area contributed by atoms with Crippen LogP contribution in [0.3, 0.4) is 0 Å². The number of piperazine rings is 1. The second kappa shape index (κ2) is 8.84. The third-order valence-electron chi connectivity index (χ3n) is 5.33. The number of carbonyl (C=O) groups is 1. The lowest BCUT2D eigenvalue weighted by Crippen LogP contribution is -2.50. The molecule has 0 atom stereocenters. The molecule has 3 aromatic rings. The Hall–Kier alpha value is -3.25. The standard InChI is InChI=1S/C22H17F5N2O4S/c23-16-5-2-6-17(24)20(16)34(31,32)29-11-9-28(10-12-29)21(30)19-8-7-18(33-19)14-3-1-4-15(13-14)22(25,26)27/h1-8,13H,9-12H2. The number of hydrogen-bond donors (Lipinski definition) is 0. The molecular weight excluding hydrogens is 483 g/mol. The molecule has 0 radical (unpaired) electrons. The van der Waals surface area contributed by atoms with E-state index in [0.717, 1.165) is 34.6 Å². The third kappa shape index (κ3) is 4.55. The first-order chi connectivity index (χ1) is 16.0. The smallest absolute Gasteiger partial charge is 0.416 e. The van der Waals surface area contributed by atoms with E-state index in [0.29, 0.717) is 0 Å². The van der Waals surface area contributed by atoms with E-state index in [2.05, 4.69) is 0 Å². The molecule has 0 saturated carbocycles. The second-order valence-electron chi connectivity index (χ2n) is 7.49. The van der Waals surface area contributed by atoms with E-state index in [1.165, 1.54) is 29.2 Å². The molecule has 0 N–H and O–H groups in total. The third-order valence-corrected chi connectivity index (χ3v) is 7.28. The van der Waals surface area contributed by atoms with Crippen molar-refractivity contribution in [2.75, 3.05) is 26.2 Å². The molecule has 0 spiro atoms. The van der Waals surface area contributed by atoms with E-state index >= 15 is 0 Å². The van der Waals surface area contributed by atoms with E-state index < -0.39 is 44.2 Å². The fourth-order valence-corrected chi connectivity index (χ4v) is 5.13. The number of halogens is 5. The lowest BCUT2D eigenvalue weighted by Gasteiger charge is -2.33. The highest BCUT2D eigenvalue weighted by Gasteiger charge is 2.35. The Balaban J connectivity index is 1.46. The number of furan rings is 1. The van der Waals surface area contributed by atoms with E-state index in [1.54, 1.807) is 0 Å². The van der Waals surface area contributed by atoms with Crippen molar-refractivity contribution in [2.24, 2.45) is 0 Å². The predicted molar refractivity (Wildman–Crippen MR) is 110 cm³/mol. The van der Waals surface area contributed by atoms with Crippen LogP contribution in [-0.2, 0) is 16.2 Å². The summed E-state index contributed by atoms with van der Waals surface area (Å²) in [6, 6.07) is 9.87. The number of hydrogen-bond acceptors (Lipinski definition) is 4. The number of nitrogens with zero attached hydrogens (tertiary/aromatic N) is 2. The summed E-state index contributed by atoms with van der Waals surface area (Å²) in [6.07, 6.45) is -4.53. The van der Waals surface area contributed by atoms with Gasteiger partial charge < -0.3 is 9.32 Å². The van der Waals surface area contributed by atoms with Crippen LogP contribution in [0.25, 0.3) is 11.3 Å². The van der Waals surface area contributed by atoms with Gasteiger partial charge in [-0.2, -0.15) is 17.5 Å². The van der Waals surface area contributed by atoms with Crippen molar-refractivity contribution in [2.45, 2.75) is 11.1 Å². The Morgan fingerprint density at radius 2 is 1.50 bits per heavy atom. The van der Waals surface area contributed by atoms with Gasteiger partial charge in [0, 0.05) is 31.7 Å². The minimum atomic E-state index is -4.53. The van der Waals surface area contributed by atoms with Crippen molar-refractivity contribution in [1.82, 2.24) is 9.21 Å². The first-order valence-electron chi connectivity index (χ1n) is 9.99. The van der Waals surface area contributed by atoms with Gasteiger partial charge in [0.15, 0.2) is 10.7 Å². The van der Waals surface area contributed by atoms with Crippen LogP contribution in [0.15, 0.2) is 63.9 Å². The Morgan fingerprint density at radius 1 is 0.882 bits per heavy atom. The summed E-state index contributed by atoms with van der Waals surface area (Å²) in [7, 11) is -4.46. The minimum absolute atomic E-state index is 0.0608. The average molecular weight is 500 g/mol. The van der Waals surface area contributed by atoms with Crippen molar-refractivity contribution in [3.63, 3.8) is 0 Å². The minimum Gasteiger partial charge on any atom is -0.451 e. The van der Waals surface area contributed by atoms with Crippen molar-refractivity contribution in [3.05, 3.63) is 77.6 Å². The molecule has 0 aliphatic carbocycles. The average Bonchev–Trinajstić information content (AvgIpc) is 3.28. The largest absolute Gasteiger partial charge is 0.451 e. The Bertz CT molecular complexity index is 1310. The quantitative estimate of drug-likeness (QED) is 0.499. The first-order valence-corrected chi connectivity index (χ1v) is 11.4. The normalized spacial score (nSPS) is 15.5. The van der Waals surface area contributed by atoms with Gasteiger partial charge in [0.2, 0.25) is 10.0 Å². The predicted octanol–water partition coefficient (Wildman–Crippen LogP) is 4.39. The molecule has 0 unspecified atom stereocenters. The fourth-order valence-electron chi connectivity index (χ4n) is 3.60. The molecular formula is C22H17F5N2O4S. The Morgan fingerprint density at radius 3 is 2.12 bits per heavy atom. The first kappa shape index (κ1) is 23.9. The molecule has 4 rings (SSSR count). The summed E-state index contributed by atoms with van der Waals surface area (Å²) >= 11 is 0. The van der Waals surface area contributed by atoms with E-state index in [1.807, 2.05) is 0 Å². The van der Waals surface area contributed by atoms with E-state index in [4.69, 9.17) is 4.42 Å². The Labute approximate surface area is 191 Å². The van der Waals surface area contributed by atoms with Crippen LogP contribution in [0.2, 0.25) is 0 Å². The Kier molecular flexibility index (Phi) is 6.21. The molecule has 1 saturated heterocycles. The van der Waals surface area contributed by atoms with Gasteiger partial charge in [0.1, 0.15) is 17.4 Å².